The molecule has 0 bridgehead atoms. The standard InChI is InChI=1S/C29H25N3O3/c1-33-25-15-22-13-14-32(18-23(22)16-26(25)34-2)19-31-29-24(17-30)27(20-9-5-3-6-10-20)28(35-29)21-11-7-4-8-12-21/h3-12,15-16,19H,13-14,18H2,1-2H3. The smallest absolute Gasteiger partial charge is 0.239 e. The summed E-state index contributed by atoms with van der Waals surface area (Å²) in [6, 6.07) is 26.0. The lowest BCUT2D eigenvalue weighted by Crippen LogP contribution is -2.29. The number of aliphatic imine (C=N–C) groups is 1. The molecular formula is C29H25N3O3. The van der Waals surface area contributed by atoms with E-state index in [1.54, 1.807) is 20.6 Å². The van der Waals surface area contributed by atoms with Gasteiger partial charge < -0.3 is 18.8 Å². The Balaban J connectivity index is 1.50. The summed E-state index contributed by atoms with van der Waals surface area (Å²) in [6.07, 6.45) is 2.62. The van der Waals surface area contributed by atoms with Gasteiger partial charge in [-0.15, -0.1) is 0 Å². The van der Waals surface area contributed by atoms with Crippen LogP contribution in [-0.4, -0.2) is 32.0 Å². The van der Waals surface area contributed by atoms with Crippen LogP contribution in [0.25, 0.3) is 22.5 Å². The van der Waals surface area contributed by atoms with Crippen molar-refractivity contribution < 1.29 is 13.9 Å². The monoisotopic (exact) mass is 463 g/mol. The molecule has 174 valence electrons. The molecule has 2 heterocycles. The molecule has 35 heavy (non-hydrogen) atoms. The zero-order valence-electron chi connectivity index (χ0n) is 19.7. The first kappa shape index (κ1) is 22.3. The van der Waals surface area contributed by atoms with Gasteiger partial charge in [0.05, 0.1) is 20.6 Å². The van der Waals surface area contributed by atoms with Crippen LogP contribution in [0.4, 0.5) is 5.88 Å². The molecule has 5 rings (SSSR count). The number of hydrogen-bond donors (Lipinski definition) is 0. The van der Waals surface area contributed by atoms with Crippen molar-refractivity contribution in [1.29, 1.82) is 5.26 Å². The van der Waals surface area contributed by atoms with Crippen molar-refractivity contribution in [1.82, 2.24) is 4.90 Å². The maximum atomic E-state index is 10.1. The third-order valence-electron chi connectivity index (χ3n) is 6.19. The Morgan fingerprint density at radius 2 is 1.54 bits per heavy atom. The van der Waals surface area contributed by atoms with E-state index in [1.165, 1.54) is 5.56 Å². The molecule has 0 unspecified atom stereocenters. The van der Waals surface area contributed by atoms with Gasteiger partial charge in [0.15, 0.2) is 11.5 Å². The minimum absolute atomic E-state index is 0.309. The van der Waals surface area contributed by atoms with Gasteiger partial charge in [0.25, 0.3) is 0 Å². The average Bonchev–Trinajstić information content (AvgIpc) is 3.30. The molecule has 3 aromatic carbocycles. The lowest BCUT2D eigenvalue weighted by Gasteiger charge is -2.27. The number of nitrogens with zero attached hydrogens (tertiary/aromatic N) is 3. The molecule has 0 atom stereocenters. The summed E-state index contributed by atoms with van der Waals surface area (Å²) in [5.74, 6) is 2.40. The van der Waals surface area contributed by atoms with Crippen LogP contribution in [0.1, 0.15) is 16.7 Å². The van der Waals surface area contributed by atoms with E-state index in [0.717, 1.165) is 41.0 Å². The Bertz CT molecular complexity index is 1400. The highest BCUT2D eigenvalue weighted by atomic mass is 16.5. The molecule has 0 aliphatic carbocycles. The molecule has 0 saturated heterocycles. The summed E-state index contributed by atoms with van der Waals surface area (Å²) < 4.78 is 17.1. The first-order chi connectivity index (χ1) is 17.2. The van der Waals surface area contributed by atoms with Gasteiger partial charge in [-0.3, -0.25) is 0 Å². The van der Waals surface area contributed by atoms with Gasteiger partial charge in [0.1, 0.15) is 17.4 Å². The van der Waals surface area contributed by atoms with Crippen LogP contribution in [0.2, 0.25) is 0 Å². The van der Waals surface area contributed by atoms with Gasteiger partial charge in [-0.1, -0.05) is 60.7 Å². The van der Waals surface area contributed by atoms with Crippen molar-refractivity contribution in [2.75, 3.05) is 20.8 Å². The number of furan rings is 1. The second-order valence-electron chi connectivity index (χ2n) is 8.27. The second kappa shape index (κ2) is 9.78. The van der Waals surface area contributed by atoms with E-state index in [-0.39, 0.29) is 0 Å². The van der Waals surface area contributed by atoms with Gasteiger partial charge in [-0.25, -0.2) is 4.99 Å². The molecule has 1 aliphatic rings. The van der Waals surface area contributed by atoms with E-state index >= 15 is 0 Å². The van der Waals surface area contributed by atoms with Crippen molar-refractivity contribution in [3.05, 3.63) is 89.5 Å². The van der Waals surface area contributed by atoms with Crippen molar-refractivity contribution in [3.8, 4) is 40.0 Å². The molecular weight excluding hydrogens is 438 g/mol. The fourth-order valence-electron chi connectivity index (χ4n) is 4.42. The summed E-state index contributed by atoms with van der Waals surface area (Å²) in [5, 5.41) is 10.1. The lowest BCUT2D eigenvalue weighted by molar-refractivity contribution is 0.349. The predicted octanol–water partition coefficient (Wildman–Crippen LogP) is 6.22. The molecule has 6 nitrogen and oxygen atoms in total. The zero-order chi connectivity index (χ0) is 24.2. The summed E-state index contributed by atoms with van der Waals surface area (Å²) in [4.78, 5) is 6.75. The quantitative estimate of drug-likeness (QED) is 0.251. The molecule has 0 radical (unpaired) electrons. The first-order valence-corrected chi connectivity index (χ1v) is 11.4. The normalized spacial score (nSPS) is 12.9. The Kier molecular flexibility index (Phi) is 6.23. The molecule has 0 N–H and O–H groups in total. The van der Waals surface area contributed by atoms with Gasteiger partial charge in [-0.2, -0.15) is 5.26 Å². The number of nitriles is 1. The van der Waals surface area contributed by atoms with Gasteiger partial charge >= 0.3 is 0 Å². The summed E-state index contributed by atoms with van der Waals surface area (Å²) >= 11 is 0. The topological polar surface area (TPSA) is 71.0 Å². The third kappa shape index (κ3) is 4.36. The summed E-state index contributed by atoms with van der Waals surface area (Å²) in [6.45, 7) is 1.48. The Morgan fingerprint density at radius 1 is 0.914 bits per heavy atom. The molecule has 4 aromatic rings. The highest BCUT2D eigenvalue weighted by Crippen LogP contribution is 2.42. The number of benzene rings is 3. The fourth-order valence-corrected chi connectivity index (χ4v) is 4.42. The van der Waals surface area contributed by atoms with Crippen molar-refractivity contribution >= 4 is 12.2 Å². The van der Waals surface area contributed by atoms with Crippen LogP contribution >= 0.6 is 0 Å². The molecule has 1 aliphatic heterocycles. The number of hydrogen-bond acceptors (Lipinski definition) is 5. The lowest BCUT2D eigenvalue weighted by atomic mass is 9.98. The number of fused-ring (bicyclic) bond motifs is 1. The Morgan fingerprint density at radius 3 is 2.17 bits per heavy atom. The maximum absolute atomic E-state index is 10.1. The van der Waals surface area contributed by atoms with Gasteiger partial charge in [-0.05, 0) is 35.2 Å². The molecule has 6 heteroatoms. The van der Waals surface area contributed by atoms with Crippen molar-refractivity contribution in [3.63, 3.8) is 0 Å². The van der Waals surface area contributed by atoms with Crippen LogP contribution in [-0.2, 0) is 13.0 Å². The third-order valence-corrected chi connectivity index (χ3v) is 6.19. The van der Waals surface area contributed by atoms with Crippen LogP contribution in [0.5, 0.6) is 11.5 Å². The molecule has 0 amide bonds. The largest absolute Gasteiger partial charge is 0.493 e. The van der Waals surface area contributed by atoms with E-state index in [2.05, 4.69) is 16.0 Å². The highest BCUT2D eigenvalue weighted by molar-refractivity contribution is 5.88. The minimum atomic E-state index is 0.309. The van der Waals surface area contributed by atoms with E-state index in [1.807, 2.05) is 72.8 Å². The van der Waals surface area contributed by atoms with Crippen LogP contribution < -0.4 is 9.47 Å². The number of ether oxygens (including phenoxy) is 2. The minimum Gasteiger partial charge on any atom is -0.493 e. The summed E-state index contributed by atoms with van der Waals surface area (Å²) in [5.41, 5.74) is 5.40. The van der Waals surface area contributed by atoms with Gasteiger partial charge in [0, 0.05) is 24.2 Å². The van der Waals surface area contributed by atoms with E-state index < -0.39 is 0 Å². The number of rotatable bonds is 6. The Labute approximate surface area is 204 Å². The van der Waals surface area contributed by atoms with E-state index in [9.17, 15) is 5.26 Å². The molecule has 0 spiro atoms. The fraction of sp³-hybridized carbons (Fsp3) is 0.172. The molecule has 0 fully saturated rings. The van der Waals surface area contributed by atoms with Crippen LogP contribution in [0, 0.1) is 11.3 Å². The van der Waals surface area contributed by atoms with Crippen molar-refractivity contribution in [2.45, 2.75) is 13.0 Å². The summed E-state index contributed by atoms with van der Waals surface area (Å²) in [7, 11) is 3.29. The highest BCUT2D eigenvalue weighted by Gasteiger charge is 2.23. The SMILES string of the molecule is COc1cc2c(cc1OC)CN(C=Nc1oc(-c3ccccc3)c(-c3ccccc3)c1C#N)CC2. The predicted molar refractivity (Wildman–Crippen MR) is 136 cm³/mol. The van der Waals surface area contributed by atoms with Crippen molar-refractivity contribution in [2.24, 2.45) is 4.99 Å². The average molecular weight is 464 g/mol. The molecule has 1 aromatic heterocycles. The first-order valence-electron chi connectivity index (χ1n) is 11.4. The van der Waals surface area contributed by atoms with Crippen LogP contribution in [0.3, 0.4) is 0 Å². The van der Waals surface area contributed by atoms with E-state index in [0.29, 0.717) is 29.5 Å². The zero-order valence-corrected chi connectivity index (χ0v) is 19.7. The molecule has 0 saturated carbocycles. The van der Waals surface area contributed by atoms with Crippen LogP contribution in [0.15, 0.2) is 82.2 Å². The Hall–Kier alpha value is -4.50. The number of methoxy groups -OCH3 is 2. The van der Waals surface area contributed by atoms with Gasteiger partial charge in [0.2, 0.25) is 5.88 Å². The van der Waals surface area contributed by atoms with E-state index in [4.69, 9.17) is 13.9 Å². The maximum Gasteiger partial charge on any atom is 0.239 e. The second-order valence-corrected chi connectivity index (χ2v) is 8.27.